The van der Waals surface area contributed by atoms with Crippen molar-refractivity contribution in [2.75, 3.05) is 42.9 Å². The van der Waals surface area contributed by atoms with Gasteiger partial charge in [-0.15, -0.1) is 0 Å². The predicted molar refractivity (Wildman–Crippen MR) is 118 cm³/mol. The number of halogens is 7. The van der Waals surface area contributed by atoms with Gasteiger partial charge in [0.05, 0.1) is 33.4 Å². The van der Waals surface area contributed by atoms with Gasteiger partial charge < -0.3 is 16.0 Å². The van der Waals surface area contributed by atoms with E-state index in [1.54, 1.807) is 4.90 Å². The first-order chi connectivity index (χ1) is 15.5. The first-order valence-electron chi connectivity index (χ1n) is 10.0. The quantitative estimate of drug-likeness (QED) is 0.533. The van der Waals surface area contributed by atoms with Crippen molar-refractivity contribution in [2.24, 2.45) is 5.73 Å². The SMILES string of the molecule is NCc1ccc(C(=O)Nc2cc(Cl)c(Cl)cc2N2CCN(CCC(F)(F)F)CC2)c(F)c1F. The maximum Gasteiger partial charge on any atom is 0.390 e. The molecule has 0 aliphatic carbocycles. The lowest BCUT2D eigenvalue weighted by atomic mass is 10.1. The Bertz CT molecular complexity index is 1030. The van der Waals surface area contributed by atoms with Gasteiger partial charge in [-0.2, -0.15) is 13.2 Å². The zero-order valence-corrected chi connectivity index (χ0v) is 18.8. The number of benzene rings is 2. The number of nitrogens with one attached hydrogen (secondary N) is 1. The molecule has 5 nitrogen and oxygen atoms in total. The number of alkyl halides is 3. The normalized spacial score (nSPS) is 15.1. The predicted octanol–water partition coefficient (Wildman–Crippen LogP) is 5.06. The topological polar surface area (TPSA) is 61.6 Å². The maximum absolute atomic E-state index is 14.4. The Morgan fingerprint density at radius 3 is 2.27 bits per heavy atom. The van der Waals surface area contributed by atoms with Gasteiger partial charge in [-0.1, -0.05) is 29.3 Å². The van der Waals surface area contributed by atoms with E-state index in [9.17, 15) is 26.7 Å². The van der Waals surface area contributed by atoms with E-state index in [1.807, 2.05) is 4.90 Å². The van der Waals surface area contributed by atoms with Crippen molar-refractivity contribution in [1.82, 2.24) is 4.90 Å². The van der Waals surface area contributed by atoms with Crippen LogP contribution in [-0.4, -0.2) is 49.7 Å². The van der Waals surface area contributed by atoms with Crippen LogP contribution < -0.4 is 16.0 Å². The first kappa shape index (κ1) is 25.5. The van der Waals surface area contributed by atoms with Gasteiger partial charge >= 0.3 is 6.18 Å². The lowest BCUT2D eigenvalue weighted by Gasteiger charge is -2.37. The van der Waals surface area contributed by atoms with Crippen LogP contribution in [0, 0.1) is 11.6 Å². The summed E-state index contributed by atoms with van der Waals surface area (Å²) < 4.78 is 65.9. The van der Waals surface area contributed by atoms with Crippen molar-refractivity contribution in [3.05, 3.63) is 57.1 Å². The minimum atomic E-state index is -4.23. The largest absolute Gasteiger partial charge is 0.390 e. The standard InChI is InChI=1S/C21H21Cl2F5N4O/c22-14-9-16(30-20(33)13-2-1-12(11-29)18(24)19(13)25)17(10-15(14)23)32-7-5-31(6-8-32)4-3-21(26,27)28/h1-2,9-10H,3-8,11,29H2,(H,30,33). The molecule has 0 spiro atoms. The summed E-state index contributed by atoms with van der Waals surface area (Å²) in [6, 6.07) is 5.25. The lowest BCUT2D eigenvalue weighted by molar-refractivity contribution is -0.138. The fraction of sp³-hybridized carbons (Fsp3) is 0.381. The molecule has 180 valence electrons. The second-order valence-corrected chi connectivity index (χ2v) is 8.35. The number of rotatable bonds is 6. The molecule has 0 radical (unpaired) electrons. The van der Waals surface area contributed by atoms with Crippen molar-refractivity contribution in [2.45, 2.75) is 19.1 Å². The molecule has 1 saturated heterocycles. The Morgan fingerprint density at radius 2 is 1.67 bits per heavy atom. The van der Waals surface area contributed by atoms with Crippen LogP contribution in [0.5, 0.6) is 0 Å². The molecule has 1 aliphatic rings. The molecule has 33 heavy (non-hydrogen) atoms. The summed E-state index contributed by atoms with van der Waals surface area (Å²) >= 11 is 12.2. The van der Waals surface area contributed by atoms with Crippen molar-refractivity contribution < 1.29 is 26.7 Å². The van der Waals surface area contributed by atoms with Gasteiger partial charge in [0, 0.05) is 44.8 Å². The highest BCUT2D eigenvalue weighted by Crippen LogP contribution is 2.36. The Balaban J connectivity index is 1.79. The summed E-state index contributed by atoms with van der Waals surface area (Å²) in [5.74, 6) is -3.43. The number of piperazine rings is 1. The van der Waals surface area contributed by atoms with E-state index in [2.05, 4.69) is 5.32 Å². The van der Waals surface area contributed by atoms with E-state index in [0.717, 1.165) is 6.07 Å². The highest BCUT2D eigenvalue weighted by Gasteiger charge is 2.29. The molecule has 0 unspecified atom stereocenters. The summed E-state index contributed by atoms with van der Waals surface area (Å²) in [7, 11) is 0. The second kappa shape index (κ2) is 10.4. The minimum absolute atomic E-state index is 0.0670. The molecule has 3 rings (SSSR count). The molecule has 2 aromatic rings. The van der Waals surface area contributed by atoms with Crippen molar-refractivity contribution >= 4 is 40.5 Å². The third kappa shape index (κ3) is 6.26. The molecule has 0 aromatic heterocycles. The molecular weight excluding hydrogens is 490 g/mol. The smallest absolute Gasteiger partial charge is 0.367 e. The summed E-state index contributed by atoms with van der Waals surface area (Å²) in [6.07, 6.45) is -5.12. The fourth-order valence-electron chi connectivity index (χ4n) is 3.51. The third-order valence-corrected chi connectivity index (χ3v) is 6.06. The average Bonchev–Trinajstić information content (AvgIpc) is 2.76. The van der Waals surface area contributed by atoms with E-state index in [4.69, 9.17) is 28.9 Å². The van der Waals surface area contributed by atoms with Gasteiger partial charge in [-0.25, -0.2) is 8.78 Å². The molecule has 1 heterocycles. The summed E-state index contributed by atoms with van der Waals surface area (Å²) in [6.45, 7) is 1.14. The summed E-state index contributed by atoms with van der Waals surface area (Å²) in [5, 5.41) is 2.86. The minimum Gasteiger partial charge on any atom is -0.367 e. The molecule has 1 fully saturated rings. The van der Waals surface area contributed by atoms with Gasteiger partial charge in [0.1, 0.15) is 0 Å². The highest BCUT2D eigenvalue weighted by molar-refractivity contribution is 6.42. The van der Waals surface area contributed by atoms with Crippen LogP contribution in [0.4, 0.5) is 33.3 Å². The molecule has 0 bridgehead atoms. The molecule has 3 N–H and O–H groups in total. The average molecular weight is 511 g/mol. The van der Waals surface area contributed by atoms with Gasteiger partial charge in [0.15, 0.2) is 11.6 Å². The van der Waals surface area contributed by atoms with Crippen LogP contribution in [-0.2, 0) is 6.54 Å². The van der Waals surface area contributed by atoms with E-state index in [1.165, 1.54) is 18.2 Å². The molecule has 12 heteroatoms. The van der Waals surface area contributed by atoms with Crippen LogP contribution in [0.1, 0.15) is 22.3 Å². The molecule has 0 saturated carbocycles. The Morgan fingerprint density at radius 1 is 1.03 bits per heavy atom. The van der Waals surface area contributed by atoms with E-state index in [-0.39, 0.29) is 34.4 Å². The molecule has 2 aromatic carbocycles. The lowest BCUT2D eigenvalue weighted by Crippen LogP contribution is -2.47. The van der Waals surface area contributed by atoms with Crippen molar-refractivity contribution in [1.29, 1.82) is 0 Å². The molecule has 0 atom stereocenters. The summed E-state index contributed by atoms with van der Waals surface area (Å²) in [4.78, 5) is 16.2. The van der Waals surface area contributed by atoms with Gasteiger partial charge in [0.25, 0.3) is 5.91 Å². The van der Waals surface area contributed by atoms with Crippen LogP contribution in [0.25, 0.3) is 0 Å². The van der Waals surface area contributed by atoms with Gasteiger partial charge in [0.2, 0.25) is 0 Å². The number of hydrogen-bond acceptors (Lipinski definition) is 4. The van der Waals surface area contributed by atoms with Gasteiger partial charge in [-0.3, -0.25) is 9.69 Å². The monoisotopic (exact) mass is 510 g/mol. The zero-order chi connectivity index (χ0) is 24.3. The maximum atomic E-state index is 14.4. The van der Waals surface area contributed by atoms with Crippen molar-refractivity contribution in [3.8, 4) is 0 Å². The number of carbonyl (C=O) groups is 1. The number of amides is 1. The highest BCUT2D eigenvalue weighted by atomic mass is 35.5. The first-order valence-corrected chi connectivity index (χ1v) is 10.8. The summed E-state index contributed by atoms with van der Waals surface area (Å²) in [5.41, 5.74) is 5.45. The number of nitrogens with zero attached hydrogens (tertiary/aromatic N) is 2. The number of anilines is 2. The van der Waals surface area contributed by atoms with Crippen LogP contribution in [0.3, 0.4) is 0 Å². The second-order valence-electron chi connectivity index (χ2n) is 7.54. The number of hydrogen-bond donors (Lipinski definition) is 2. The van der Waals surface area contributed by atoms with Crippen molar-refractivity contribution in [3.63, 3.8) is 0 Å². The Labute approximate surface area is 197 Å². The fourth-order valence-corrected chi connectivity index (χ4v) is 3.83. The molecular formula is C21H21Cl2F5N4O. The zero-order valence-electron chi connectivity index (χ0n) is 17.3. The van der Waals surface area contributed by atoms with Crippen LogP contribution in [0.2, 0.25) is 10.0 Å². The Hall–Kier alpha value is -2.14. The Kier molecular flexibility index (Phi) is 8.04. The van der Waals surface area contributed by atoms with Crippen LogP contribution in [0.15, 0.2) is 24.3 Å². The third-order valence-electron chi connectivity index (χ3n) is 5.34. The molecule has 1 aliphatic heterocycles. The van der Waals surface area contributed by atoms with E-state index < -0.39 is 35.7 Å². The number of carbonyl (C=O) groups excluding carboxylic acids is 1. The van der Waals surface area contributed by atoms with Gasteiger partial charge in [-0.05, 0) is 18.2 Å². The van der Waals surface area contributed by atoms with Crippen LogP contribution >= 0.6 is 23.2 Å². The van der Waals surface area contributed by atoms with E-state index >= 15 is 0 Å². The number of nitrogens with two attached hydrogens (primary N) is 1. The van der Waals surface area contributed by atoms with E-state index in [0.29, 0.717) is 31.9 Å². The molecule has 1 amide bonds.